The maximum atomic E-state index is 5.99. The van der Waals surface area contributed by atoms with Crippen molar-refractivity contribution in [1.82, 2.24) is 5.32 Å². The van der Waals surface area contributed by atoms with Crippen LogP contribution in [0.1, 0.15) is 57.8 Å². The molecule has 0 aromatic rings. The van der Waals surface area contributed by atoms with E-state index in [1.807, 2.05) is 0 Å². The lowest BCUT2D eigenvalue weighted by Gasteiger charge is -2.25. The van der Waals surface area contributed by atoms with Gasteiger partial charge in [0.2, 0.25) is 0 Å². The molecule has 2 atom stereocenters. The standard InChI is InChI=1S/C15H27N3.HI/c16-15(18-13-7-2-1-3-8-13)17-10-12-9-14(12)11-5-4-6-11;/h11-14H,1-10H2,(H3,16,17,18);1H/t12-,14-;/m0./s1. The zero-order chi connectivity index (χ0) is 12.4. The van der Waals surface area contributed by atoms with Crippen LogP contribution in [0.2, 0.25) is 0 Å². The van der Waals surface area contributed by atoms with Crippen molar-refractivity contribution < 1.29 is 0 Å². The van der Waals surface area contributed by atoms with Crippen molar-refractivity contribution in [2.75, 3.05) is 6.54 Å². The van der Waals surface area contributed by atoms with Gasteiger partial charge >= 0.3 is 0 Å². The first-order valence-electron chi connectivity index (χ1n) is 7.89. The summed E-state index contributed by atoms with van der Waals surface area (Å²) in [6, 6.07) is 0.587. The van der Waals surface area contributed by atoms with Gasteiger partial charge in [-0.25, -0.2) is 0 Å². The van der Waals surface area contributed by atoms with E-state index in [1.54, 1.807) is 0 Å². The van der Waals surface area contributed by atoms with Gasteiger partial charge in [-0.2, -0.15) is 0 Å². The number of hydrogen-bond acceptors (Lipinski definition) is 1. The maximum Gasteiger partial charge on any atom is 0.188 e. The highest BCUT2D eigenvalue weighted by atomic mass is 127. The van der Waals surface area contributed by atoms with Crippen molar-refractivity contribution >= 4 is 29.9 Å². The van der Waals surface area contributed by atoms with Crippen molar-refractivity contribution in [2.24, 2.45) is 28.5 Å². The Hall–Kier alpha value is 0. The minimum Gasteiger partial charge on any atom is -0.370 e. The summed E-state index contributed by atoms with van der Waals surface area (Å²) in [5, 5.41) is 3.40. The van der Waals surface area contributed by atoms with Crippen LogP contribution in [0.3, 0.4) is 0 Å². The van der Waals surface area contributed by atoms with E-state index in [0.717, 1.165) is 24.3 Å². The third-order valence-electron chi connectivity index (χ3n) is 5.19. The van der Waals surface area contributed by atoms with Gasteiger partial charge in [0.25, 0.3) is 0 Å². The van der Waals surface area contributed by atoms with Gasteiger partial charge in [-0.1, -0.05) is 38.5 Å². The van der Waals surface area contributed by atoms with E-state index in [4.69, 9.17) is 5.73 Å². The Kier molecular flexibility index (Phi) is 5.78. The zero-order valence-electron chi connectivity index (χ0n) is 11.8. The Labute approximate surface area is 134 Å². The molecule has 0 aromatic carbocycles. The predicted molar refractivity (Wildman–Crippen MR) is 90.9 cm³/mol. The first kappa shape index (κ1) is 15.4. The fraction of sp³-hybridized carbons (Fsp3) is 0.933. The molecule has 3 nitrogen and oxygen atoms in total. The van der Waals surface area contributed by atoms with Crippen molar-refractivity contribution in [1.29, 1.82) is 0 Å². The van der Waals surface area contributed by atoms with E-state index in [-0.39, 0.29) is 24.0 Å². The lowest BCUT2D eigenvalue weighted by molar-refractivity contribution is 0.266. The van der Waals surface area contributed by atoms with Gasteiger partial charge in [-0.05, 0) is 37.0 Å². The highest BCUT2D eigenvalue weighted by Crippen LogP contribution is 2.51. The van der Waals surface area contributed by atoms with Crippen LogP contribution >= 0.6 is 24.0 Å². The van der Waals surface area contributed by atoms with Gasteiger partial charge in [-0.15, -0.1) is 24.0 Å². The molecule has 3 fully saturated rings. The fourth-order valence-corrected chi connectivity index (χ4v) is 3.64. The molecule has 0 aromatic heterocycles. The Bertz CT molecular complexity index is 309. The van der Waals surface area contributed by atoms with E-state index in [1.165, 1.54) is 57.8 Å². The molecule has 0 heterocycles. The minimum atomic E-state index is 0. The van der Waals surface area contributed by atoms with E-state index in [2.05, 4.69) is 10.3 Å². The smallest absolute Gasteiger partial charge is 0.188 e. The number of hydrogen-bond donors (Lipinski definition) is 2. The first-order valence-corrected chi connectivity index (χ1v) is 7.89. The van der Waals surface area contributed by atoms with E-state index in [9.17, 15) is 0 Å². The number of nitrogens with one attached hydrogen (secondary N) is 1. The molecule has 110 valence electrons. The Balaban J connectivity index is 0.00000133. The van der Waals surface area contributed by atoms with Gasteiger partial charge in [0.1, 0.15) is 0 Å². The molecule has 3 saturated carbocycles. The SMILES string of the molecule is I.NC(=NC[C@@H]1C[C@H]1C1CCC1)NC1CCCCC1. The van der Waals surface area contributed by atoms with Gasteiger partial charge in [0, 0.05) is 12.6 Å². The zero-order valence-corrected chi connectivity index (χ0v) is 14.1. The number of guanidine groups is 1. The number of aliphatic imine (C=N–C) groups is 1. The molecule has 0 amide bonds. The number of nitrogens with zero attached hydrogens (tertiary/aromatic N) is 1. The van der Waals surface area contributed by atoms with Crippen molar-refractivity contribution in [3.05, 3.63) is 0 Å². The Morgan fingerprint density at radius 1 is 1.05 bits per heavy atom. The normalized spacial score (nSPS) is 32.3. The summed E-state index contributed by atoms with van der Waals surface area (Å²) in [6.07, 6.45) is 12.4. The topological polar surface area (TPSA) is 50.4 Å². The van der Waals surface area contributed by atoms with Crippen LogP contribution in [0.4, 0.5) is 0 Å². The van der Waals surface area contributed by atoms with Crippen LogP contribution in [0.25, 0.3) is 0 Å². The third kappa shape index (κ3) is 4.23. The maximum absolute atomic E-state index is 5.99. The molecule has 0 saturated heterocycles. The molecule has 4 heteroatoms. The van der Waals surface area contributed by atoms with Crippen LogP contribution in [-0.2, 0) is 0 Å². The highest BCUT2D eigenvalue weighted by molar-refractivity contribution is 14.0. The van der Waals surface area contributed by atoms with E-state index < -0.39 is 0 Å². The number of halogens is 1. The molecular weight excluding hydrogens is 349 g/mol. The molecule has 0 aliphatic heterocycles. The Morgan fingerprint density at radius 3 is 2.42 bits per heavy atom. The van der Waals surface area contributed by atoms with Crippen LogP contribution in [0.15, 0.2) is 4.99 Å². The number of rotatable bonds is 4. The quantitative estimate of drug-likeness (QED) is 0.449. The molecule has 0 radical (unpaired) electrons. The molecular formula is C15H28IN3. The molecule has 3 aliphatic carbocycles. The van der Waals surface area contributed by atoms with E-state index >= 15 is 0 Å². The Morgan fingerprint density at radius 2 is 1.79 bits per heavy atom. The minimum absolute atomic E-state index is 0. The lowest BCUT2D eigenvalue weighted by Crippen LogP contribution is -2.41. The second kappa shape index (κ2) is 7.14. The van der Waals surface area contributed by atoms with Crippen LogP contribution in [0, 0.1) is 17.8 Å². The second-order valence-corrected chi connectivity index (χ2v) is 6.56. The summed E-state index contributed by atoms with van der Waals surface area (Å²) in [4.78, 5) is 4.55. The van der Waals surface area contributed by atoms with Gasteiger partial charge in [0.15, 0.2) is 5.96 Å². The molecule has 0 bridgehead atoms. The van der Waals surface area contributed by atoms with Crippen molar-refractivity contribution in [3.8, 4) is 0 Å². The van der Waals surface area contributed by atoms with Crippen LogP contribution in [0.5, 0.6) is 0 Å². The van der Waals surface area contributed by atoms with Crippen LogP contribution in [-0.4, -0.2) is 18.5 Å². The molecule has 3 rings (SSSR count). The summed E-state index contributed by atoms with van der Waals surface area (Å²) < 4.78 is 0. The summed E-state index contributed by atoms with van der Waals surface area (Å²) in [7, 11) is 0. The highest BCUT2D eigenvalue weighted by Gasteiger charge is 2.44. The summed E-state index contributed by atoms with van der Waals surface area (Å²) in [5.74, 6) is 3.57. The molecule has 0 spiro atoms. The molecule has 3 aliphatic rings. The monoisotopic (exact) mass is 377 g/mol. The molecule has 19 heavy (non-hydrogen) atoms. The first-order chi connectivity index (χ1) is 8.83. The second-order valence-electron chi connectivity index (χ2n) is 6.56. The molecule has 0 unspecified atom stereocenters. The lowest BCUT2D eigenvalue weighted by atomic mass is 9.81. The fourth-order valence-electron chi connectivity index (χ4n) is 3.64. The average Bonchev–Trinajstić information content (AvgIpc) is 3.05. The summed E-state index contributed by atoms with van der Waals surface area (Å²) >= 11 is 0. The largest absolute Gasteiger partial charge is 0.370 e. The third-order valence-corrected chi connectivity index (χ3v) is 5.19. The predicted octanol–water partition coefficient (Wildman–Crippen LogP) is 3.28. The number of nitrogens with two attached hydrogens (primary N) is 1. The van der Waals surface area contributed by atoms with Gasteiger partial charge in [-0.3, -0.25) is 4.99 Å². The average molecular weight is 377 g/mol. The van der Waals surface area contributed by atoms with E-state index in [0.29, 0.717) is 12.0 Å². The summed E-state index contributed by atoms with van der Waals surface area (Å²) in [6.45, 7) is 0.965. The van der Waals surface area contributed by atoms with Crippen molar-refractivity contribution in [3.63, 3.8) is 0 Å². The molecule has 3 N–H and O–H groups in total. The van der Waals surface area contributed by atoms with Crippen LogP contribution < -0.4 is 11.1 Å². The van der Waals surface area contributed by atoms with Gasteiger partial charge < -0.3 is 11.1 Å². The van der Waals surface area contributed by atoms with Gasteiger partial charge in [0.05, 0.1) is 0 Å². The van der Waals surface area contributed by atoms with Crippen molar-refractivity contribution in [2.45, 2.75) is 63.8 Å². The summed E-state index contributed by atoms with van der Waals surface area (Å²) in [5.41, 5.74) is 5.99.